The summed E-state index contributed by atoms with van der Waals surface area (Å²) in [5, 5.41) is 13.2. The quantitative estimate of drug-likeness (QED) is 0.437. The number of hydrogen-bond acceptors (Lipinski definition) is 5. The van der Waals surface area contributed by atoms with Crippen LogP contribution >= 0.6 is 0 Å². The Morgan fingerprint density at radius 1 is 1.08 bits per heavy atom. The molecular formula is C26H28F2N2O5S. The molecule has 0 unspecified atom stereocenters. The van der Waals surface area contributed by atoms with E-state index in [2.05, 4.69) is 5.10 Å². The van der Waals surface area contributed by atoms with Gasteiger partial charge in [-0.05, 0) is 55.7 Å². The largest absolute Gasteiger partial charge is 0.480 e. The number of halogens is 2. The lowest BCUT2D eigenvalue weighted by molar-refractivity contribution is -0.142. The van der Waals surface area contributed by atoms with Crippen LogP contribution in [-0.2, 0) is 25.9 Å². The minimum Gasteiger partial charge on any atom is -0.480 e. The van der Waals surface area contributed by atoms with Crippen LogP contribution < -0.4 is 0 Å². The predicted molar refractivity (Wildman–Crippen MR) is 130 cm³/mol. The molecule has 4 rings (SSSR count). The molecule has 1 saturated carbocycles. The summed E-state index contributed by atoms with van der Waals surface area (Å²) in [5.74, 6) is -2.06. The zero-order valence-electron chi connectivity index (χ0n) is 19.9. The molecule has 1 aliphatic carbocycles. The van der Waals surface area contributed by atoms with Crippen LogP contribution in [0.3, 0.4) is 0 Å². The van der Waals surface area contributed by atoms with Crippen molar-refractivity contribution in [3.8, 4) is 22.4 Å². The number of aliphatic carboxylic acids is 1. The summed E-state index contributed by atoms with van der Waals surface area (Å²) in [6, 6.07) is 11.8. The summed E-state index contributed by atoms with van der Waals surface area (Å²) in [4.78, 5) is 10.7. The first-order chi connectivity index (χ1) is 17.1. The van der Waals surface area contributed by atoms with Gasteiger partial charge in [0.25, 0.3) is 0 Å². The van der Waals surface area contributed by atoms with Crippen molar-refractivity contribution in [1.29, 1.82) is 0 Å². The molecular weight excluding hydrogens is 490 g/mol. The van der Waals surface area contributed by atoms with Crippen LogP contribution in [0.15, 0.2) is 53.6 Å². The van der Waals surface area contributed by atoms with E-state index in [4.69, 9.17) is 9.84 Å². The number of nitrogens with zero attached hydrogens (tertiary/aromatic N) is 2. The van der Waals surface area contributed by atoms with Crippen LogP contribution in [0.25, 0.3) is 22.4 Å². The summed E-state index contributed by atoms with van der Waals surface area (Å²) in [6.45, 7) is 0.352. The van der Waals surface area contributed by atoms with E-state index in [-0.39, 0.29) is 40.3 Å². The Hall–Kier alpha value is -3.11. The van der Waals surface area contributed by atoms with E-state index in [0.29, 0.717) is 18.7 Å². The van der Waals surface area contributed by atoms with E-state index in [1.807, 2.05) is 0 Å². The van der Waals surface area contributed by atoms with Gasteiger partial charge in [-0.15, -0.1) is 0 Å². The second-order valence-electron chi connectivity index (χ2n) is 9.27. The van der Waals surface area contributed by atoms with Crippen LogP contribution in [0.5, 0.6) is 0 Å². The van der Waals surface area contributed by atoms with Crippen LogP contribution in [0.2, 0.25) is 0 Å². The van der Waals surface area contributed by atoms with Crippen molar-refractivity contribution >= 4 is 15.8 Å². The molecule has 0 spiro atoms. The molecule has 0 radical (unpaired) electrons. The molecule has 0 atom stereocenters. The third-order valence-corrected chi connectivity index (χ3v) is 7.60. The van der Waals surface area contributed by atoms with Gasteiger partial charge in [0.05, 0.1) is 6.61 Å². The number of carboxylic acids is 1. The Balaban J connectivity index is 1.70. The maximum absolute atomic E-state index is 14.9. The van der Waals surface area contributed by atoms with Crippen LogP contribution in [0, 0.1) is 23.5 Å². The van der Waals surface area contributed by atoms with Crippen molar-refractivity contribution in [3.05, 3.63) is 60.2 Å². The Labute approximate surface area is 208 Å². The van der Waals surface area contributed by atoms with Gasteiger partial charge >= 0.3 is 5.97 Å². The van der Waals surface area contributed by atoms with E-state index >= 15 is 0 Å². The number of rotatable bonds is 9. The van der Waals surface area contributed by atoms with E-state index in [1.54, 1.807) is 30.3 Å². The normalized spacial score (nSPS) is 18.3. The number of sulfone groups is 1. The molecule has 1 heterocycles. The lowest BCUT2D eigenvalue weighted by atomic mass is 9.82. The summed E-state index contributed by atoms with van der Waals surface area (Å²) in [7, 11) is -3.88. The van der Waals surface area contributed by atoms with Crippen molar-refractivity contribution < 1.29 is 31.8 Å². The first-order valence-corrected chi connectivity index (χ1v) is 13.6. The van der Waals surface area contributed by atoms with Gasteiger partial charge in [0.1, 0.15) is 23.9 Å². The van der Waals surface area contributed by atoms with Gasteiger partial charge in [-0.3, -0.25) is 4.68 Å². The first-order valence-electron chi connectivity index (χ1n) is 11.7. The Bertz CT molecular complexity index is 1330. The number of benzene rings is 2. The van der Waals surface area contributed by atoms with Crippen molar-refractivity contribution in [2.45, 2.75) is 37.3 Å². The second-order valence-corrected chi connectivity index (χ2v) is 11.2. The van der Waals surface area contributed by atoms with E-state index < -0.39 is 27.4 Å². The fourth-order valence-electron chi connectivity index (χ4n) is 4.82. The lowest BCUT2D eigenvalue weighted by Gasteiger charge is -2.28. The van der Waals surface area contributed by atoms with Gasteiger partial charge in [-0.25, -0.2) is 22.0 Å². The number of aromatic nitrogens is 2. The third kappa shape index (κ3) is 5.99. The highest BCUT2D eigenvalue weighted by atomic mass is 32.2. The van der Waals surface area contributed by atoms with Gasteiger partial charge in [-0.1, -0.05) is 30.3 Å². The predicted octanol–water partition coefficient (Wildman–Crippen LogP) is 4.81. The van der Waals surface area contributed by atoms with Gasteiger partial charge in [0.2, 0.25) is 0 Å². The molecule has 0 aliphatic heterocycles. The second kappa shape index (κ2) is 10.9. The molecule has 36 heavy (non-hydrogen) atoms. The smallest absolute Gasteiger partial charge is 0.329 e. The maximum Gasteiger partial charge on any atom is 0.329 e. The summed E-state index contributed by atoms with van der Waals surface area (Å²) < 4.78 is 61.8. The zero-order chi connectivity index (χ0) is 25.9. The minimum absolute atomic E-state index is 0.0523. The average molecular weight is 519 g/mol. The van der Waals surface area contributed by atoms with Gasteiger partial charge in [0, 0.05) is 29.5 Å². The zero-order valence-corrected chi connectivity index (χ0v) is 20.7. The molecule has 1 aliphatic rings. The van der Waals surface area contributed by atoms with E-state index in [0.717, 1.165) is 50.1 Å². The van der Waals surface area contributed by atoms with Crippen molar-refractivity contribution in [1.82, 2.24) is 9.78 Å². The molecule has 1 fully saturated rings. The number of carbonyl (C=O) groups is 1. The molecule has 3 aromatic rings. The molecule has 0 saturated heterocycles. The Kier molecular flexibility index (Phi) is 7.85. The molecule has 2 aromatic carbocycles. The topological polar surface area (TPSA) is 98.5 Å². The molecule has 7 nitrogen and oxygen atoms in total. The monoisotopic (exact) mass is 518 g/mol. The SMILES string of the molecule is CS(=O)(=O)c1c(-c2cc(F)ccc2F)c(-c2ccccc2)nn1CC1CCC(COCC(=O)O)CC1. The fourth-order valence-corrected chi connectivity index (χ4v) is 5.89. The standard InChI is InChI=1S/C26H28F2N2O5S/c1-36(33,34)26-24(21-13-20(27)11-12-22(21)28)25(19-5-3-2-4-6-19)29-30(26)14-17-7-9-18(10-8-17)15-35-16-23(31)32/h2-6,11-13,17-18H,7-10,14-16H2,1H3,(H,31,32). The maximum atomic E-state index is 14.9. The summed E-state index contributed by atoms with van der Waals surface area (Å²) in [6.07, 6.45) is 4.25. The van der Waals surface area contributed by atoms with Crippen molar-refractivity contribution in [2.24, 2.45) is 11.8 Å². The van der Waals surface area contributed by atoms with Crippen LogP contribution in [-0.4, -0.2) is 48.7 Å². The third-order valence-electron chi connectivity index (χ3n) is 6.48. The average Bonchev–Trinajstić information content (AvgIpc) is 3.21. The molecule has 0 bridgehead atoms. The molecule has 1 N–H and O–H groups in total. The van der Waals surface area contributed by atoms with Crippen molar-refractivity contribution in [3.63, 3.8) is 0 Å². The van der Waals surface area contributed by atoms with Gasteiger partial charge in [0.15, 0.2) is 14.9 Å². The number of ether oxygens (including phenoxy) is 1. The number of carboxylic acid groups (broad SMARTS) is 1. The molecule has 10 heteroatoms. The molecule has 192 valence electrons. The lowest BCUT2D eigenvalue weighted by Crippen LogP contribution is -2.24. The fraction of sp³-hybridized carbons (Fsp3) is 0.385. The van der Waals surface area contributed by atoms with Gasteiger partial charge < -0.3 is 9.84 Å². The molecule has 1 aromatic heterocycles. The minimum atomic E-state index is -3.88. The van der Waals surface area contributed by atoms with Crippen LogP contribution in [0.4, 0.5) is 8.78 Å². The first kappa shape index (κ1) is 26.0. The van der Waals surface area contributed by atoms with Gasteiger partial charge in [-0.2, -0.15) is 5.10 Å². The van der Waals surface area contributed by atoms with E-state index in [9.17, 15) is 22.0 Å². The Morgan fingerprint density at radius 3 is 2.39 bits per heavy atom. The number of hydrogen-bond donors (Lipinski definition) is 1. The summed E-state index contributed by atoms with van der Waals surface area (Å²) in [5.41, 5.74) is 0.770. The summed E-state index contributed by atoms with van der Waals surface area (Å²) >= 11 is 0. The van der Waals surface area contributed by atoms with E-state index in [1.165, 1.54) is 4.68 Å². The Morgan fingerprint density at radius 2 is 1.75 bits per heavy atom. The molecule has 0 amide bonds. The van der Waals surface area contributed by atoms with Crippen LogP contribution in [0.1, 0.15) is 25.7 Å². The highest BCUT2D eigenvalue weighted by Gasteiger charge is 2.31. The highest BCUT2D eigenvalue weighted by molar-refractivity contribution is 7.90. The highest BCUT2D eigenvalue weighted by Crippen LogP contribution is 2.40. The van der Waals surface area contributed by atoms with Crippen molar-refractivity contribution in [2.75, 3.05) is 19.5 Å².